The summed E-state index contributed by atoms with van der Waals surface area (Å²) < 4.78 is 5.46. The number of nitrogens with zero attached hydrogens (tertiary/aromatic N) is 2. The Bertz CT molecular complexity index is 690. The van der Waals surface area contributed by atoms with Gasteiger partial charge in [-0.25, -0.2) is 0 Å². The molecular formula is C21H34ClN5O2. The lowest BCUT2D eigenvalue weighted by atomic mass is 10.0. The first-order valence-electron chi connectivity index (χ1n) is 10.2. The van der Waals surface area contributed by atoms with Gasteiger partial charge in [0.1, 0.15) is 0 Å². The van der Waals surface area contributed by atoms with Crippen LogP contribution in [0.2, 0.25) is 5.02 Å². The van der Waals surface area contributed by atoms with Gasteiger partial charge in [0, 0.05) is 56.4 Å². The molecule has 0 spiro atoms. The van der Waals surface area contributed by atoms with Crippen LogP contribution in [0.3, 0.4) is 0 Å². The molecule has 8 heteroatoms. The van der Waals surface area contributed by atoms with Crippen molar-refractivity contribution in [2.45, 2.75) is 33.2 Å². The highest BCUT2D eigenvalue weighted by Crippen LogP contribution is 2.22. The SMILES string of the molecule is CN=C(NCCC(=O)Nc1cccc(Cl)c1C)NCC(C(C)C)N1CCOCC1. The van der Waals surface area contributed by atoms with E-state index in [0.717, 1.165) is 44.1 Å². The molecule has 2 rings (SSSR count). The van der Waals surface area contributed by atoms with Crippen LogP contribution < -0.4 is 16.0 Å². The predicted molar refractivity (Wildman–Crippen MR) is 120 cm³/mol. The zero-order valence-corrected chi connectivity index (χ0v) is 18.7. The van der Waals surface area contributed by atoms with E-state index in [9.17, 15) is 4.79 Å². The summed E-state index contributed by atoms with van der Waals surface area (Å²) in [5.74, 6) is 1.16. The van der Waals surface area contributed by atoms with Crippen LogP contribution in [-0.2, 0) is 9.53 Å². The van der Waals surface area contributed by atoms with E-state index in [1.165, 1.54) is 0 Å². The third-order valence-corrected chi connectivity index (χ3v) is 5.58. The van der Waals surface area contributed by atoms with Gasteiger partial charge in [-0.1, -0.05) is 31.5 Å². The Hall–Kier alpha value is -1.83. The molecule has 1 aromatic carbocycles. The fourth-order valence-electron chi connectivity index (χ4n) is 3.37. The van der Waals surface area contributed by atoms with E-state index < -0.39 is 0 Å². The first kappa shape index (κ1) is 23.4. The zero-order chi connectivity index (χ0) is 21.2. The molecule has 1 heterocycles. The standard InChI is InChI=1S/C21H34ClN5O2/c1-15(2)19(27-10-12-29-13-11-27)14-25-21(23-4)24-9-8-20(28)26-18-7-5-6-17(22)16(18)3/h5-7,15,19H,8-14H2,1-4H3,(H,26,28)(H2,23,24,25). The van der Waals surface area contributed by atoms with E-state index in [1.807, 2.05) is 25.1 Å². The number of morpholine rings is 1. The molecule has 1 aliphatic rings. The summed E-state index contributed by atoms with van der Waals surface area (Å²) in [5, 5.41) is 10.2. The molecule has 1 fully saturated rings. The Morgan fingerprint density at radius 3 is 2.66 bits per heavy atom. The summed E-state index contributed by atoms with van der Waals surface area (Å²) in [6, 6.07) is 5.90. The maximum atomic E-state index is 12.2. The van der Waals surface area contributed by atoms with Crippen molar-refractivity contribution in [3.05, 3.63) is 28.8 Å². The molecule has 1 atom stereocenters. The number of nitrogens with one attached hydrogen (secondary N) is 3. The molecule has 0 radical (unpaired) electrons. The number of rotatable bonds is 8. The van der Waals surface area contributed by atoms with Crippen molar-refractivity contribution in [1.29, 1.82) is 0 Å². The molecular weight excluding hydrogens is 390 g/mol. The zero-order valence-electron chi connectivity index (χ0n) is 17.9. The van der Waals surface area contributed by atoms with Crippen LogP contribution in [0.15, 0.2) is 23.2 Å². The molecule has 3 N–H and O–H groups in total. The van der Waals surface area contributed by atoms with Gasteiger partial charge in [-0.3, -0.25) is 14.7 Å². The number of amides is 1. The Labute approximate surface area is 179 Å². The molecule has 1 unspecified atom stereocenters. The average molecular weight is 424 g/mol. The highest BCUT2D eigenvalue weighted by Gasteiger charge is 2.23. The Kier molecular flexibility index (Phi) is 9.70. The van der Waals surface area contributed by atoms with E-state index in [0.29, 0.717) is 35.9 Å². The lowest BCUT2D eigenvalue weighted by Gasteiger charge is -2.37. The first-order chi connectivity index (χ1) is 13.9. The lowest BCUT2D eigenvalue weighted by molar-refractivity contribution is -0.116. The number of ether oxygens (including phenoxy) is 1. The number of carbonyl (C=O) groups excluding carboxylic acids is 1. The number of guanidine groups is 1. The fraction of sp³-hybridized carbons (Fsp3) is 0.619. The van der Waals surface area contributed by atoms with Crippen LogP contribution >= 0.6 is 11.6 Å². The summed E-state index contributed by atoms with van der Waals surface area (Å²) in [5.41, 5.74) is 1.62. The number of anilines is 1. The first-order valence-corrected chi connectivity index (χ1v) is 10.6. The van der Waals surface area contributed by atoms with Crippen molar-refractivity contribution < 1.29 is 9.53 Å². The maximum absolute atomic E-state index is 12.2. The Morgan fingerprint density at radius 1 is 1.28 bits per heavy atom. The highest BCUT2D eigenvalue weighted by molar-refractivity contribution is 6.31. The number of hydrogen-bond donors (Lipinski definition) is 3. The second kappa shape index (κ2) is 12.0. The van der Waals surface area contributed by atoms with Crippen LogP contribution in [-0.4, -0.2) is 69.2 Å². The predicted octanol–water partition coefficient (Wildman–Crippen LogP) is 2.50. The number of hydrogen-bond acceptors (Lipinski definition) is 4. The summed E-state index contributed by atoms with van der Waals surface area (Å²) in [4.78, 5) is 19.0. The van der Waals surface area contributed by atoms with E-state index in [-0.39, 0.29) is 5.91 Å². The normalized spacial score (nSPS) is 16.6. The highest BCUT2D eigenvalue weighted by atomic mass is 35.5. The number of benzene rings is 1. The van der Waals surface area contributed by atoms with E-state index in [1.54, 1.807) is 7.05 Å². The number of aliphatic imine (C=N–C) groups is 1. The molecule has 162 valence electrons. The summed E-state index contributed by atoms with van der Waals surface area (Å²) in [7, 11) is 1.74. The van der Waals surface area contributed by atoms with Gasteiger partial charge in [0.05, 0.1) is 13.2 Å². The molecule has 0 aliphatic carbocycles. The van der Waals surface area contributed by atoms with Crippen LogP contribution in [0.1, 0.15) is 25.8 Å². The maximum Gasteiger partial charge on any atom is 0.226 e. The van der Waals surface area contributed by atoms with Gasteiger partial charge in [0.15, 0.2) is 5.96 Å². The number of halogens is 1. The average Bonchev–Trinajstić information content (AvgIpc) is 2.71. The van der Waals surface area contributed by atoms with Gasteiger partial charge in [0.2, 0.25) is 5.91 Å². The van der Waals surface area contributed by atoms with Gasteiger partial charge in [0.25, 0.3) is 0 Å². The molecule has 1 saturated heterocycles. The third kappa shape index (κ3) is 7.49. The van der Waals surface area contributed by atoms with Gasteiger partial charge in [-0.05, 0) is 30.5 Å². The minimum atomic E-state index is -0.0632. The topological polar surface area (TPSA) is 78.0 Å². The summed E-state index contributed by atoms with van der Waals surface area (Å²) in [6.45, 7) is 11.1. The fourth-order valence-corrected chi connectivity index (χ4v) is 3.54. The van der Waals surface area contributed by atoms with Crippen molar-refractivity contribution in [1.82, 2.24) is 15.5 Å². The molecule has 0 saturated carbocycles. The van der Waals surface area contributed by atoms with Crippen molar-refractivity contribution in [2.24, 2.45) is 10.9 Å². The third-order valence-electron chi connectivity index (χ3n) is 5.17. The minimum Gasteiger partial charge on any atom is -0.379 e. The molecule has 0 aromatic heterocycles. The van der Waals surface area contributed by atoms with Crippen molar-refractivity contribution in [3.63, 3.8) is 0 Å². The van der Waals surface area contributed by atoms with E-state index >= 15 is 0 Å². The molecule has 1 amide bonds. The van der Waals surface area contributed by atoms with Gasteiger partial charge >= 0.3 is 0 Å². The molecule has 1 aromatic rings. The molecule has 7 nitrogen and oxygen atoms in total. The van der Waals surface area contributed by atoms with Crippen LogP contribution in [0, 0.1) is 12.8 Å². The van der Waals surface area contributed by atoms with Gasteiger partial charge in [-0.2, -0.15) is 0 Å². The van der Waals surface area contributed by atoms with E-state index in [2.05, 4.69) is 39.7 Å². The minimum absolute atomic E-state index is 0.0632. The molecule has 0 bridgehead atoms. The second-order valence-corrected chi connectivity index (χ2v) is 7.96. The van der Waals surface area contributed by atoms with Crippen LogP contribution in [0.4, 0.5) is 5.69 Å². The lowest BCUT2D eigenvalue weighted by Crippen LogP contribution is -2.52. The van der Waals surface area contributed by atoms with E-state index in [4.69, 9.17) is 16.3 Å². The summed E-state index contributed by atoms with van der Waals surface area (Å²) >= 11 is 6.10. The quantitative estimate of drug-likeness (QED) is 0.442. The van der Waals surface area contributed by atoms with Crippen molar-refractivity contribution >= 4 is 29.2 Å². The summed E-state index contributed by atoms with van der Waals surface area (Å²) in [6.07, 6.45) is 0.337. The van der Waals surface area contributed by atoms with Crippen LogP contribution in [0.25, 0.3) is 0 Å². The second-order valence-electron chi connectivity index (χ2n) is 7.55. The Morgan fingerprint density at radius 2 is 2.00 bits per heavy atom. The van der Waals surface area contributed by atoms with Gasteiger partial charge < -0.3 is 20.7 Å². The largest absolute Gasteiger partial charge is 0.379 e. The molecule has 1 aliphatic heterocycles. The van der Waals surface area contributed by atoms with Crippen LogP contribution in [0.5, 0.6) is 0 Å². The van der Waals surface area contributed by atoms with Gasteiger partial charge in [-0.15, -0.1) is 0 Å². The molecule has 29 heavy (non-hydrogen) atoms. The van der Waals surface area contributed by atoms with Crippen molar-refractivity contribution in [3.8, 4) is 0 Å². The smallest absolute Gasteiger partial charge is 0.226 e. The monoisotopic (exact) mass is 423 g/mol. The Balaban J connectivity index is 1.76. The van der Waals surface area contributed by atoms with Crippen molar-refractivity contribution in [2.75, 3.05) is 51.8 Å². The number of carbonyl (C=O) groups is 1.